The lowest BCUT2D eigenvalue weighted by molar-refractivity contribution is -0.142. The van der Waals surface area contributed by atoms with Crippen molar-refractivity contribution in [1.29, 1.82) is 0 Å². The van der Waals surface area contributed by atoms with E-state index in [4.69, 9.17) is 11.6 Å². The van der Waals surface area contributed by atoms with Crippen LogP contribution in [-0.4, -0.2) is 35.3 Å². The third-order valence-electron chi connectivity index (χ3n) is 6.09. The van der Waals surface area contributed by atoms with Crippen molar-refractivity contribution in [2.24, 2.45) is 0 Å². The summed E-state index contributed by atoms with van der Waals surface area (Å²) in [4.78, 5) is 21.7. The third kappa shape index (κ3) is 4.79. The first-order valence-electron chi connectivity index (χ1n) is 11.7. The molecular weight excluding hydrogens is 531 g/mol. The van der Waals surface area contributed by atoms with E-state index < -0.39 is 17.8 Å². The second-order valence-electron chi connectivity index (χ2n) is 8.69. The van der Waals surface area contributed by atoms with Gasteiger partial charge in [-0.15, -0.1) is 5.10 Å². The summed E-state index contributed by atoms with van der Waals surface area (Å²) in [5, 5.41) is 12.8. The number of carbonyl (C=O) groups excluding carboxylic acids is 1. The van der Waals surface area contributed by atoms with Gasteiger partial charge in [0.2, 0.25) is 5.95 Å². The Labute approximate surface area is 223 Å². The molecule has 8 nitrogen and oxygen atoms in total. The number of hydrogen-bond donors (Lipinski definition) is 1. The highest BCUT2D eigenvalue weighted by Crippen LogP contribution is 2.35. The van der Waals surface area contributed by atoms with Crippen LogP contribution in [0.4, 0.5) is 19.1 Å². The predicted octanol–water partition coefficient (Wildman–Crippen LogP) is 6.11. The van der Waals surface area contributed by atoms with Gasteiger partial charge < -0.3 is 0 Å². The first kappa shape index (κ1) is 24.6. The minimum Gasteiger partial charge on any atom is -0.289 e. The Morgan fingerprint density at radius 2 is 1.77 bits per heavy atom. The molecule has 0 bridgehead atoms. The van der Waals surface area contributed by atoms with Gasteiger partial charge in [0.25, 0.3) is 5.91 Å². The molecule has 0 spiro atoms. The molecule has 39 heavy (non-hydrogen) atoms. The summed E-state index contributed by atoms with van der Waals surface area (Å²) >= 11 is 5.91. The highest BCUT2D eigenvalue weighted by atomic mass is 35.5. The molecule has 0 saturated carbocycles. The van der Waals surface area contributed by atoms with E-state index in [1.54, 1.807) is 36.4 Å². The maximum Gasteiger partial charge on any atom is 0.433 e. The molecule has 3 heterocycles. The van der Waals surface area contributed by atoms with E-state index in [9.17, 15) is 18.0 Å². The zero-order chi connectivity index (χ0) is 27.1. The number of anilines is 1. The highest BCUT2D eigenvalue weighted by molar-refractivity contribution is 6.30. The molecule has 3 aromatic carbocycles. The number of hydrogen-bond acceptors (Lipinski definition) is 5. The summed E-state index contributed by atoms with van der Waals surface area (Å²) < 4.78 is 44.3. The lowest BCUT2D eigenvalue weighted by Gasteiger charge is -2.13. The predicted molar refractivity (Wildman–Crippen MR) is 139 cm³/mol. The van der Waals surface area contributed by atoms with Crippen LogP contribution >= 0.6 is 11.6 Å². The monoisotopic (exact) mass is 547 g/mol. The molecule has 0 saturated heterocycles. The van der Waals surface area contributed by atoms with E-state index in [-0.39, 0.29) is 22.9 Å². The summed E-state index contributed by atoms with van der Waals surface area (Å²) in [6.45, 7) is 0.377. The normalized spacial score (nSPS) is 11.8. The van der Waals surface area contributed by atoms with Gasteiger partial charge in [-0.1, -0.05) is 66.2 Å². The van der Waals surface area contributed by atoms with E-state index in [2.05, 4.69) is 25.5 Å². The number of rotatable bonds is 5. The van der Waals surface area contributed by atoms with E-state index in [1.807, 2.05) is 30.3 Å². The van der Waals surface area contributed by atoms with Gasteiger partial charge in [-0.05, 0) is 34.5 Å². The summed E-state index contributed by atoms with van der Waals surface area (Å²) in [5.74, 6) is -0.764. The van der Waals surface area contributed by atoms with Crippen LogP contribution in [0.15, 0.2) is 85.3 Å². The van der Waals surface area contributed by atoms with Gasteiger partial charge >= 0.3 is 6.18 Å². The first-order chi connectivity index (χ1) is 18.8. The molecular formula is C27H17ClF3N7O. The van der Waals surface area contributed by atoms with Gasteiger partial charge in [-0.3, -0.25) is 10.1 Å². The van der Waals surface area contributed by atoms with Gasteiger partial charge in [-0.25, -0.2) is 19.2 Å². The number of amides is 1. The van der Waals surface area contributed by atoms with Gasteiger partial charge in [0.15, 0.2) is 11.3 Å². The Kier molecular flexibility index (Phi) is 5.99. The molecule has 0 unspecified atom stereocenters. The summed E-state index contributed by atoms with van der Waals surface area (Å²) in [6.07, 6.45) is -2.27. The fraction of sp³-hybridized carbons (Fsp3) is 0.0741. The Morgan fingerprint density at radius 1 is 1.00 bits per heavy atom. The van der Waals surface area contributed by atoms with Crippen LogP contribution in [0.3, 0.4) is 0 Å². The van der Waals surface area contributed by atoms with Crippen molar-refractivity contribution in [3.63, 3.8) is 0 Å². The van der Waals surface area contributed by atoms with Gasteiger partial charge in [0.1, 0.15) is 11.9 Å². The van der Waals surface area contributed by atoms with Crippen LogP contribution < -0.4 is 5.32 Å². The summed E-state index contributed by atoms with van der Waals surface area (Å²) in [5.41, 5.74) is 0.0137. The fourth-order valence-corrected chi connectivity index (χ4v) is 4.41. The van der Waals surface area contributed by atoms with Crippen molar-refractivity contribution >= 4 is 39.9 Å². The number of aromatic nitrogens is 6. The molecule has 12 heteroatoms. The lowest BCUT2D eigenvalue weighted by Crippen LogP contribution is -2.16. The molecule has 3 aromatic heterocycles. The number of alkyl halides is 3. The summed E-state index contributed by atoms with van der Waals surface area (Å²) in [6, 6.07) is 20.7. The Morgan fingerprint density at radius 3 is 2.56 bits per heavy atom. The van der Waals surface area contributed by atoms with E-state index in [0.717, 1.165) is 28.6 Å². The van der Waals surface area contributed by atoms with Crippen molar-refractivity contribution in [3.05, 3.63) is 107 Å². The average Bonchev–Trinajstić information content (AvgIpc) is 3.55. The van der Waals surface area contributed by atoms with Gasteiger partial charge in [0.05, 0.1) is 18.4 Å². The van der Waals surface area contributed by atoms with Gasteiger partial charge in [-0.2, -0.15) is 18.3 Å². The summed E-state index contributed by atoms with van der Waals surface area (Å²) in [7, 11) is 0. The third-order valence-corrected chi connectivity index (χ3v) is 6.34. The first-order valence-corrected chi connectivity index (χ1v) is 12.0. The number of carbonyl (C=O) groups is 1. The van der Waals surface area contributed by atoms with Crippen LogP contribution in [-0.2, 0) is 12.7 Å². The molecule has 0 aliphatic rings. The van der Waals surface area contributed by atoms with Crippen LogP contribution in [0.1, 0.15) is 21.6 Å². The Hall–Kier alpha value is -4.77. The van der Waals surface area contributed by atoms with Crippen LogP contribution in [0.5, 0.6) is 0 Å². The largest absolute Gasteiger partial charge is 0.433 e. The van der Waals surface area contributed by atoms with Crippen LogP contribution in [0.2, 0.25) is 5.02 Å². The highest BCUT2D eigenvalue weighted by Gasteiger charge is 2.36. The minimum absolute atomic E-state index is 0.0189. The van der Waals surface area contributed by atoms with Crippen molar-refractivity contribution in [2.75, 3.05) is 5.32 Å². The fourth-order valence-electron chi connectivity index (χ4n) is 4.29. The number of nitrogens with zero attached hydrogens (tertiary/aromatic N) is 6. The molecule has 0 atom stereocenters. The zero-order valence-corrected chi connectivity index (χ0v) is 20.6. The van der Waals surface area contributed by atoms with E-state index in [0.29, 0.717) is 21.6 Å². The van der Waals surface area contributed by atoms with E-state index >= 15 is 0 Å². The maximum absolute atomic E-state index is 14.1. The Bertz CT molecular complexity index is 1840. The molecule has 6 rings (SSSR count). The second-order valence-corrected chi connectivity index (χ2v) is 9.13. The topological polar surface area (TPSA) is 90.0 Å². The van der Waals surface area contributed by atoms with Gasteiger partial charge in [0, 0.05) is 10.6 Å². The van der Waals surface area contributed by atoms with Crippen LogP contribution in [0, 0.1) is 0 Å². The van der Waals surface area contributed by atoms with E-state index in [1.165, 1.54) is 11.0 Å². The van der Waals surface area contributed by atoms with Crippen molar-refractivity contribution in [2.45, 2.75) is 12.7 Å². The quantitative estimate of drug-likeness (QED) is 0.281. The minimum atomic E-state index is -4.75. The molecule has 0 aliphatic heterocycles. The maximum atomic E-state index is 14.1. The number of fused-ring (bicyclic) bond motifs is 2. The standard InChI is InChI=1S/C27H17ClF3N7O/c28-18-10-8-16(9-11-18)14-37-15-32-26(36-37)35-25(39)21-13-33-38-23(27(29,30)31)12-22(34-24(21)38)20-7-3-5-17-4-1-2-6-19(17)20/h1-13,15H,14H2,(H,35,36,39). The second kappa shape index (κ2) is 9.52. The zero-order valence-electron chi connectivity index (χ0n) is 19.9. The number of nitrogens with one attached hydrogen (secondary N) is 1. The smallest absolute Gasteiger partial charge is 0.289 e. The SMILES string of the molecule is O=C(Nc1ncn(Cc2ccc(Cl)cc2)n1)c1cnn2c(C(F)(F)F)cc(-c3cccc4ccccc34)nc12. The number of benzene rings is 3. The number of halogens is 4. The Balaban J connectivity index is 1.36. The van der Waals surface area contributed by atoms with Crippen LogP contribution in [0.25, 0.3) is 27.7 Å². The molecule has 0 fully saturated rings. The van der Waals surface area contributed by atoms with Crippen molar-refractivity contribution in [3.8, 4) is 11.3 Å². The molecule has 6 aromatic rings. The lowest BCUT2D eigenvalue weighted by atomic mass is 10.0. The molecule has 0 radical (unpaired) electrons. The van der Waals surface area contributed by atoms with Crippen molar-refractivity contribution < 1.29 is 18.0 Å². The molecule has 194 valence electrons. The molecule has 0 aliphatic carbocycles. The molecule has 1 N–H and O–H groups in total. The van der Waals surface area contributed by atoms with Crippen molar-refractivity contribution in [1.82, 2.24) is 29.4 Å². The molecule has 1 amide bonds. The average molecular weight is 548 g/mol.